The number of hydrogen-bond donors (Lipinski definition) is 0. The van der Waals surface area contributed by atoms with Crippen molar-refractivity contribution in [1.29, 1.82) is 0 Å². The van der Waals surface area contributed by atoms with E-state index in [0.29, 0.717) is 0 Å². The summed E-state index contributed by atoms with van der Waals surface area (Å²) in [7, 11) is -4.49. The Bertz CT molecular complexity index is 3080. The first-order valence-corrected chi connectivity index (χ1v) is 55.8. The van der Waals surface area contributed by atoms with E-state index in [1.165, 1.54) is 0 Å². The van der Waals surface area contributed by atoms with Gasteiger partial charge in [0.15, 0.2) is 0 Å². The third kappa shape index (κ3) is 32.6. The molecule has 0 radical (unpaired) electrons. The smallest absolute Gasteiger partial charge is 0.0617 e. The first kappa shape index (κ1) is 110. The minimum absolute atomic E-state index is 0. The first-order chi connectivity index (χ1) is 50.9. The molecule has 0 spiro atoms. The van der Waals surface area contributed by atoms with Crippen molar-refractivity contribution in [2.75, 3.05) is 0 Å². The second-order valence-electron chi connectivity index (χ2n) is 36.1. The van der Waals surface area contributed by atoms with Crippen LogP contribution in [0.3, 0.4) is 0 Å². The van der Waals surface area contributed by atoms with Gasteiger partial charge in [0.25, 0.3) is 0 Å². The van der Waals surface area contributed by atoms with E-state index >= 15 is 0 Å². The maximum Gasteiger partial charge on any atom is 0.0955 e. The van der Waals surface area contributed by atoms with Gasteiger partial charge in [-0.1, -0.05) is 146 Å². The summed E-state index contributed by atoms with van der Waals surface area (Å²) in [6.07, 6.45) is 4.36. The van der Waals surface area contributed by atoms with E-state index < -0.39 is 63.4 Å². The zero-order valence-electron chi connectivity index (χ0n) is 75.8. The van der Waals surface area contributed by atoms with Crippen molar-refractivity contribution >= 4 is 106 Å². The summed E-state index contributed by atoms with van der Waals surface area (Å²) < 4.78 is 0. The molecule has 0 nitrogen and oxygen atoms in total. The van der Waals surface area contributed by atoms with Gasteiger partial charge in [0.05, 0.1) is 133 Å². The molecule has 632 valence electrons. The Morgan fingerprint density at radius 1 is 0.134 bits per heavy atom. The zero-order valence-corrected chi connectivity index (χ0v) is 90.0. The average Bonchev–Trinajstić information content (AvgIpc) is 0.816. The Kier molecular flexibility index (Phi) is 54.0. The maximum absolute atomic E-state index is 2.42. The minimum Gasteiger partial charge on any atom is -0.0617 e. The minimum atomic E-state index is -0.562. The average molecular weight is 2040 g/mol. The number of benzene rings is 8. The quantitative estimate of drug-likeness (QED) is 0.0291. The summed E-state index contributed by atoms with van der Waals surface area (Å²) in [5.41, 5.74) is 24.7. The van der Waals surface area contributed by atoms with Gasteiger partial charge >= 0.3 is 0 Å². The van der Waals surface area contributed by atoms with Crippen LogP contribution in [0.4, 0.5) is 0 Å². The van der Waals surface area contributed by atoms with Crippen LogP contribution in [0.25, 0.3) is 0 Å². The van der Waals surface area contributed by atoms with Crippen LogP contribution >= 0.6 is 63.4 Å². The molecule has 0 amide bonds. The summed E-state index contributed by atoms with van der Waals surface area (Å²) in [5, 5.41) is 13.3. The van der Waals surface area contributed by atoms with Crippen LogP contribution in [-0.4, -0.2) is 90.5 Å². The molecule has 0 fully saturated rings. The van der Waals surface area contributed by atoms with E-state index in [1.807, 2.05) is 0 Å². The topological polar surface area (TPSA) is 0 Å². The van der Waals surface area contributed by atoms with Crippen molar-refractivity contribution in [3.8, 4) is 0 Å². The second-order valence-corrected chi connectivity index (χ2v) is 66.2. The van der Waals surface area contributed by atoms with Gasteiger partial charge in [-0.3, -0.25) is 0 Å². The molecule has 0 unspecified atom stereocenters. The molecule has 0 aliphatic heterocycles. The molecule has 0 heterocycles. The fourth-order valence-electron chi connectivity index (χ4n) is 18.8. The third-order valence-electron chi connectivity index (χ3n) is 22.1. The van der Waals surface area contributed by atoms with Gasteiger partial charge in [-0.15, -0.1) is 0 Å². The normalized spacial score (nSPS) is 11.9. The van der Waals surface area contributed by atoms with Crippen molar-refractivity contribution < 1.29 is 81.7 Å². The van der Waals surface area contributed by atoms with Crippen LogP contribution in [0.15, 0.2) is 194 Å². The van der Waals surface area contributed by atoms with E-state index in [2.05, 4.69) is 416 Å². The molecular weight excluding hydrogens is 1870 g/mol. The Hall–Kier alpha value is -0.151. The summed E-state index contributed by atoms with van der Waals surface area (Å²) in [6.45, 7) is 77.3. The number of rotatable bonds is 32. The molecule has 8 aromatic carbocycles. The van der Waals surface area contributed by atoms with Crippen LogP contribution in [0.2, 0.25) is 0 Å². The molecule has 0 atom stereocenters. The van der Waals surface area contributed by atoms with Crippen molar-refractivity contribution in [3.05, 3.63) is 239 Å². The van der Waals surface area contributed by atoms with Crippen LogP contribution < -0.4 is 42.4 Å². The van der Waals surface area contributed by atoms with Gasteiger partial charge in [0.2, 0.25) is 0 Å². The zero-order chi connectivity index (χ0) is 80.5. The standard InChI is InChI=1S/4C25H38P2.4Pd/c4*1-18(2)26(19(3)4)24-15-11-9-13-22(24)17-23-14-10-12-16-25(23)27(20(5)6)21(7)8;;;;/h4*9-16,18-21H,17H2,1-8H3;;;;/p+8. The van der Waals surface area contributed by atoms with Crippen molar-refractivity contribution in [1.82, 2.24) is 0 Å². The summed E-state index contributed by atoms with van der Waals surface area (Å²) in [4.78, 5) is 0. The monoisotopic (exact) mass is 2030 g/mol. The molecule has 0 N–H and O–H groups in total. The molecule has 8 rings (SSSR count). The fourth-order valence-corrected chi connectivity index (χ4v) is 46.0. The van der Waals surface area contributed by atoms with Crippen molar-refractivity contribution in [2.24, 2.45) is 0 Å². The molecule has 0 aliphatic carbocycles. The third-order valence-corrected chi connectivity index (χ3v) is 50.9. The Morgan fingerprint density at radius 2 is 0.205 bits per heavy atom. The molecule has 0 saturated carbocycles. The van der Waals surface area contributed by atoms with E-state index in [1.54, 1.807) is 86.9 Å². The maximum atomic E-state index is 2.42. The van der Waals surface area contributed by atoms with E-state index in [4.69, 9.17) is 0 Å². The van der Waals surface area contributed by atoms with Crippen molar-refractivity contribution in [3.63, 3.8) is 0 Å². The molecule has 112 heavy (non-hydrogen) atoms. The Balaban J connectivity index is 0.000000738. The second kappa shape index (κ2) is 55.1. The molecule has 0 aliphatic rings. The summed E-state index contributed by atoms with van der Waals surface area (Å²) >= 11 is 0. The van der Waals surface area contributed by atoms with Crippen LogP contribution in [-0.2, 0) is 107 Å². The molecule has 0 saturated heterocycles. The summed E-state index contributed by atoms with van der Waals surface area (Å²) in [5.74, 6) is 0. The van der Waals surface area contributed by atoms with Gasteiger partial charge in [0, 0.05) is 171 Å². The van der Waals surface area contributed by atoms with Crippen LogP contribution in [0.5, 0.6) is 0 Å². The van der Waals surface area contributed by atoms with Gasteiger partial charge in [-0.2, -0.15) is 0 Å². The first-order valence-electron chi connectivity index (χ1n) is 42.5. The SMILES string of the molecule is CC(C)[PH+](c1ccccc1Cc1ccccc1[PH+](C(C)C)C(C)C)C(C)C.CC(C)[PH+](c1ccccc1Cc1ccccc1[PH+](C(C)C)C(C)C)C(C)C.CC(C)[PH+](c1ccccc1Cc1ccccc1[PH+](C(C)C)C(C)C)C(C)C.CC(C)[PH+](c1ccccc1Cc1ccccc1[PH+](C(C)C)C(C)C)C(C)C.[Pd].[Pd].[Pd].[Pd]. The molecule has 8 aromatic rings. The Labute approximate surface area is 756 Å². The summed E-state index contributed by atoms with van der Waals surface area (Å²) in [6, 6.07) is 74.3. The Morgan fingerprint density at radius 3 is 0.277 bits per heavy atom. The van der Waals surface area contributed by atoms with E-state index in [-0.39, 0.29) is 81.7 Å². The van der Waals surface area contributed by atoms with E-state index in [0.717, 1.165) is 116 Å². The predicted molar refractivity (Wildman–Crippen MR) is 529 cm³/mol. The van der Waals surface area contributed by atoms with Gasteiger partial charge in [-0.05, 0) is 315 Å². The largest absolute Gasteiger partial charge is 0.0955 e. The molecule has 0 bridgehead atoms. The van der Waals surface area contributed by atoms with Crippen LogP contribution in [0.1, 0.15) is 266 Å². The van der Waals surface area contributed by atoms with Gasteiger partial charge in [0.1, 0.15) is 0 Å². The molecule has 12 heteroatoms. The fraction of sp³-hybridized carbons (Fsp3) is 0.520. The van der Waals surface area contributed by atoms with Gasteiger partial charge in [-0.25, -0.2) is 0 Å². The van der Waals surface area contributed by atoms with Crippen LogP contribution in [0, 0.1) is 0 Å². The van der Waals surface area contributed by atoms with E-state index in [9.17, 15) is 0 Å². The predicted octanol–water partition coefficient (Wildman–Crippen LogP) is 26.4. The van der Waals surface area contributed by atoms with Gasteiger partial charge < -0.3 is 0 Å². The molecule has 0 aromatic heterocycles. The molecular formula is C100H160P8Pd4+8. The number of hydrogen-bond acceptors (Lipinski definition) is 0. The van der Waals surface area contributed by atoms with Crippen molar-refractivity contribution in [2.45, 2.75) is 338 Å².